The van der Waals surface area contributed by atoms with Crippen molar-refractivity contribution < 1.29 is 9.47 Å². The molecule has 1 saturated carbocycles. The van der Waals surface area contributed by atoms with Gasteiger partial charge in [-0.2, -0.15) is 10.5 Å². The lowest BCUT2D eigenvalue weighted by Gasteiger charge is -2.29. The third-order valence-corrected chi connectivity index (χ3v) is 5.61. The van der Waals surface area contributed by atoms with Gasteiger partial charge in [0.15, 0.2) is 5.41 Å². The Balaban J connectivity index is 2.30. The molecule has 0 bridgehead atoms. The molecule has 0 aromatic heterocycles. The number of ether oxygens (including phenoxy) is 2. The van der Waals surface area contributed by atoms with Gasteiger partial charge in [0.1, 0.15) is 11.3 Å². The van der Waals surface area contributed by atoms with Gasteiger partial charge in [0, 0.05) is 20.1 Å². The van der Waals surface area contributed by atoms with Gasteiger partial charge in [-0.15, -0.1) is 0 Å². The molecule has 0 amide bonds. The van der Waals surface area contributed by atoms with Crippen LogP contribution in [0.2, 0.25) is 10.0 Å². The molecule has 3 atom stereocenters. The molecule has 8 heteroatoms. The predicted octanol–water partition coefficient (Wildman–Crippen LogP) is 2.43. The quantitative estimate of drug-likeness (QED) is 0.842. The summed E-state index contributed by atoms with van der Waals surface area (Å²) in [5, 5.41) is 20.3. The maximum Gasteiger partial charge on any atom is 0.292 e. The number of hydrogen-bond donors (Lipinski definition) is 1. The summed E-state index contributed by atoms with van der Waals surface area (Å²) in [5.74, 6) is -2.34. The Morgan fingerprint density at radius 3 is 2.39 bits per heavy atom. The third-order valence-electron chi connectivity index (χ3n) is 4.77. The van der Waals surface area contributed by atoms with Gasteiger partial charge in [-0.05, 0) is 11.6 Å². The van der Waals surface area contributed by atoms with E-state index in [9.17, 15) is 10.5 Å². The van der Waals surface area contributed by atoms with E-state index in [1.54, 1.807) is 18.2 Å². The topological polar surface area (TPSA) is 104 Å². The molecule has 1 aliphatic heterocycles. The first-order chi connectivity index (χ1) is 10.9. The zero-order valence-corrected chi connectivity index (χ0v) is 13.8. The van der Waals surface area contributed by atoms with Crippen LogP contribution in [0.4, 0.5) is 0 Å². The minimum Gasteiger partial charge on any atom is -0.386 e. The lowest BCUT2D eigenvalue weighted by Crippen LogP contribution is -2.41. The Bertz CT molecular complexity index is 809. The molecule has 1 heterocycles. The van der Waals surface area contributed by atoms with Crippen molar-refractivity contribution >= 4 is 29.0 Å². The summed E-state index contributed by atoms with van der Waals surface area (Å²) in [4.78, 5) is 4.13. The summed E-state index contributed by atoms with van der Waals surface area (Å²) in [5.41, 5.74) is 3.74. The summed E-state index contributed by atoms with van der Waals surface area (Å²) in [6, 6.07) is 9.32. The number of amidine groups is 1. The molecule has 0 unspecified atom stereocenters. The van der Waals surface area contributed by atoms with E-state index in [0.29, 0.717) is 10.6 Å². The summed E-state index contributed by atoms with van der Waals surface area (Å²) < 4.78 is 10.8. The van der Waals surface area contributed by atoms with Crippen LogP contribution in [0.15, 0.2) is 23.2 Å². The van der Waals surface area contributed by atoms with Crippen LogP contribution in [0, 0.1) is 33.5 Å². The number of hydrogen-bond acceptors (Lipinski definition) is 6. The zero-order valence-electron chi connectivity index (χ0n) is 12.3. The average Bonchev–Trinajstić information content (AvgIpc) is 3.12. The van der Waals surface area contributed by atoms with Gasteiger partial charge in [-0.25, -0.2) is 4.99 Å². The monoisotopic (exact) mass is 350 g/mol. The Kier molecular flexibility index (Phi) is 3.37. The Morgan fingerprint density at radius 2 is 1.87 bits per heavy atom. The number of fused-ring (bicyclic) bond motifs is 1. The van der Waals surface area contributed by atoms with E-state index in [0.717, 1.165) is 0 Å². The van der Waals surface area contributed by atoms with Crippen molar-refractivity contribution in [3.63, 3.8) is 0 Å². The highest BCUT2D eigenvalue weighted by Crippen LogP contribution is 2.82. The van der Waals surface area contributed by atoms with E-state index < -0.39 is 22.7 Å². The van der Waals surface area contributed by atoms with Crippen molar-refractivity contribution in [3.8, 4) is 12.1 Å². The smallest absolute Gasteiger partial charge is 0.292 e. The molecule has 0 radical (unpaired) electrons. The Morgan fingerprint density at radius 1 is 1.22 bits per heavy atom. The first-order valence-corrected chi connectivity index (χ1v) is 7.40. The number of nitrogens with zero attached hydrogens (tertiary/aromatic N) is 3. The van der Waals surface area contributed by atoms with E-state index in [1.165, 1.54) is 14.2 Å². The SMILES string of the molecule is COC1(OC)N=C(N)[C@@]2(C#N)[C@H](c3cccc(Cl)c3Cl)[C@]12C#N. The van der Waals surface area contributed by atoms with Gasteiger partial charge in [-0.1, -0.05) is 35.3 Å². The molecular weight excluding hydrogens is 339 g/mol. The number of benzene rings is 1. The zero-order chi connectivity index (χ0) is 17.0. The molecule has 23 heavy (non-hydrogen) atoms. The molecule has 1 aromatic carbocycles. The Hall–Kier alpha value is -1.83. The average molecular weight is 351 g/mol. The highest BCUT2D eigenvalue weighted by molar-refractivity contribution is 6.42. The van der Waals surface area contributed by atoms with Crippen LogP contribution in [0.1, 0.15) is 11.5 Å². The largest absolute Gasteiger partial charge is 0.386 e. The summed E-state index contributed by atoms with van der Waals surface area (Å²) >= 11 is 12.4. The summed E-state index contributed by atoms with van der Waals surface area (Å²) in [7, 11) is 2.70. The van der Waals surface area contributed by atoms with Crippen molar-refractivity contribution in [2.45, 2.75) is 11.8 Å². The van der Waals surface area contributed by atoms with Crippen LogP contribution >= 0.6 is 23.2 Å². The number of halogens is 2. The number of rotatable bonds is 3. The number of nitriles is 2. The van der Waals surface area contributed by atoms with Crippen molar-refractivity contribution in [1.82, 2.24) is 0 Å². The van der Waals surface area contributed by atoms with Gasteiger partial charge < -0.3 is 15.2 Å². The first kappa shape index (κ1) is 16.0. The van der Waals surface area contributed by atoms with E-state index in [1.807, 2.05) is 0 Å². The molecule has 1 aliphatic carbocycles. The fourth-order valence-corrected chi connectivity index (χ4v) is 4.15. The van der Waals surface area contributed by atoms with Crippen molar-refractivity contribution in [3.05, 3.63) is 33.8 Å². The predicted molar refractivity (Wildman–Crippen MR) is 83.7 cm³/mol. The molecule has 2 N–H and O–H groups in total. The normalized spacial score (nSPS) is 33.3. The second-order valence-electron chi connectivity index (χ2n) is 5.40. The molecule has 2 aliphatic rings. The molecule has 1 fully saturated rings. The second kappa shape index (κ2) is 4.83. The highest BCUT2D eigenvalue weighted by atomic mass is 35.5. The third kappa shape index (κ3) is 1.48. The highest BCUT2D eigenvalue weighted by Gasteiger charge is 2.93. The van der Waals surface area contributed by atoms with E-state index in [-0.39, 0.29) is 10.9 Å². The number of aliphatic imine (C=N–C) groups is 1. The molecular formula is C15H12Cl2N4O2. The van der Waals surface area contributed by atoms with E-state index >= 15 is 0 Å². The van der Waals surface area contributed by atoms with Crippen molar-refractivity contribution in [2.24, 2.45) is 21.6 Å². The lowest BCUT2D eigenvalue weighted by atomic mass is 9.93. The fraction of sp³-hybridized carbons (Fsp3) is 0.400. The van der Waals surface area contributed by atoms with Crippen LogP contribution in [-0.2, 0) is 9.47 Å². The second-order valence-corrected chi connectivity index (χ2v) is 6.19. The summed E-state index contributed by atoms with van der Waals surface area (Å²) in [6.45, 7) is 0. The van der Waals surface area contributed by atoms with E-state index in [2.05, 4.69) is 17.1 Å². The minimum atomic E-state index is -1.67. The van der Waals surface area contributed by atoms with Gasteiger partial charge >= 0.3 is 0 Å². The molecule has 6 nitrogen and oxygen atoms in total. The van der Waals surface area contributed by atoms with E-state index in [4.69, 9.17) is 38.4 Å². The van der Waals surface area contributed by atoms with Crippen LogP contribution in [0.3, 0.4) is 0 Å². The van der Waals surface area contributed by atoms with Crippen molar-refractivity contribution in [1.29, 1.82) is 10.5 Å². The molecule has 0 spiro atoms. The standard InChI is InChI=1S/C15H12Cl2N4O2/c1-22-15(23-2)14(7-19)11(13(14,6-18)12(20)21-15)8-4-3-5-9(16)10(8)17/h3-5,11H,1-2H3,(H2,20,21)/t11-,13+,14-/m0/s1. The molecule has 118 valence electrons. The minimum absolute atomic E-state index is 0.00806. The molecule has 0 saturated heterocycles. The Labute approximate surface area is 143 Å². The van der Waals surface area contributed by atoms with Crippen LogP contribution in [-0.4, -0.2) is 26.0 Å². The van der Waals surface area contributed by atoms with Gasteiger partial charge in [-0.3, -0.25) is 0 Å². The maximum atomic E-state index is 9.90. The van der Waals surface area contributed by atoms with Gasteiger partial charge in [0.05, 0.1) is 22.2 Å². The van der Waals surface area contributed by atoms with Crippen LogP contribution in [0.25, 0.3) is 0 Å². The number of methoxy groups -OCH3 is 2. The van der Waals surface area contributed by atoms with Gasteiger partial charge in [0.25, 0.3) is 5.91 Å². The fourth-order valence-electron chi connectivity index (χ4n) is 3.73. The van der Waals surface area contributed by atoms with Crippen molar-refractivity contribution in [2.75, 3.05) is 14.2 Å². The maximum absolute atomic E-state index is 9.90. The first-order valence-electron chi connectivity index (χ1n) is 6.65. The van der Waals surface area contributed by atoms with Gasteiger partial charge in [0.2, 0.25) is 0 Å². The molecule has 1 aromatic rings. The summed E-state index contributed by atoms with van der Waals surface area (Å²) in [6.07, 6.45) is 0. The lowest BCUT2D eigenvalue weighted by molar-refractivity contribution is -0.230. The van der Waals surface area contributed by atoms with Crippen LogP contribution < -0.4 is 5.73 Å². The molecule has 3 rings (SSSR count). The number of nitrogens with two attached hydrogens (primary N) is 1. The van der Waals surface area contributed by atoms with Crippen LogP contribution in [0.5, 0.6) is 0 Å².